The number of carbonyl (C=O) groups is 1. The van der Waals surface area contributed by atoms with Crippen molar-refractivity contribution in [1.82, 2.24) is 0 Å². The van der Waals surface area contributed by atoms with E-state index in [9.17, 15) is 20.1 Å². The van der Waals surface area contributed by atoms with Gasteiger partial charge in [-0.3, -0.25) is 0 Å². The Balaban J connectivity index is 1.51. The fourth-order valence-electron chi connectivity index (χ4n) is 6.14. The third kappa shape index (κ3) is 6.92. The van der Waals surface area contributed by atoms with Crippen molar-refractivity contribution in [2.24, 2.45) is 17.8 Å². The molecule has 39 heavy (non-hydrogen) atoms. The van der Waals surface area contributed by atoms with Gasteiger partial charge in [0.1, 0.15) is 11.9 Å². The highest BCUT2D eigenvalue weighted by molar-refractivity contribution is 5.90. The maximum atomic E-state index is 13.5. The molecular formula is C33H44O6. The summed E-state index contributed by atoms with van der Waals surface area (Å²) >= 11 is 0. The molecule has 4 rings (SSSR count). The number of hydrogen-bond donors (Lipinski definition) is 3. The third-order valence-corrected chi connectivity index (χ3v) is 8.46. The summed E-state index contributed by atoms with van der Waals surface area (Å²) in [6.07, 6.45) is 6.07. The zero-order valence-corrected chi connectivity index (χ0v) is 23.6. The Bertz CT molecular complexity index is 1190. The van der Waals surface area contributed by atoms with Crippen LogP contribution < -0.4 is 4.74 Å². The number of ether oxygens (including phenoxy) is 2. The number of esters is 1. The van der Waals surface area contributed by atoms with Crippen molar-refractivity contribution >= 4 is 16.7 Å². The molecule has 0 aliphatic heterocycles. The van der Waals surface area contributed by atoms with Gasteiger partial charge in [0.05, 0.1) is 18.3 Å². The van der Waals surface area contributed by atoms with Crippen molar-refractivity contribution in [1.29, 1.82) is 0 Å². The van der Waals surface area contributed by atoms with Crippen molar-refractivity contribution in [2.75, 3.05) is 0 Å². The van der Waals surface area contributed by atoms with Crippen LogP contribution in [-0.2, 0) is 9.53 Å². The minimum Gasteiger partial charge on any atom is -0.478 e. The molecule has 2 aliphatic rings. The molecule has 3 N–H and O–H groups in total. The second-order valence-corrected chi connectivity index (χ2v) is 11.3. The highest BCUT2D eigenvalue weighted by atomic mass is 16.6. The standard InChI is InChI=1S/C33H44O6/c1-5-24(34)18-25(35)15-16-27-20(3)11-14-23-17-26(36)19-30(31(23)27)39-33(37)29(6-2)38-32-21(4)12-13-22-9-7-8-10-28(22)32/h7-14,17,20,24-27,29-31,34-36H,5-6,15-16,18-19H2,1-4H3/t20-,24+,25+,26+,27-,29?,30-,31-/m0/s1. The number of benzene rings is 2. The average molecular weight is 537 g/mol. The molecule has 0 amide bonds. The van der Waals surface area contributed by atoms with Crippen LogP contribution in [0.25, 0.3) is 10.8 Å². The first kappa shape index (κ1) is 29.3. The van der Waals surface area contributed by atoms with Gasteiger partial charge in [0.25, 0.3) is 0 Å². The summed E-state index contributed by atoms with van der Waals surface area (Å²) in [6, 6.07) is 12.0. The van der Waals surface area contributed by atoms with Gasteiger partial charge in [0, 0.05) is 17.7 Å². The predicted octanol–water partition coefficient (Wildman–Crippen LogP) is 5.65. The fraction of sp³-hybridized carbons (Fsp3) is 0.545. The number of aliphatic hydroxyl groups excluding tert-OH is 3. The Morgan fingerprint density at radius 2 is 1.85 bits per heavy atom. The lowest BCUT2D eigenvalue weighted by molar-refractivity contribution is -0.163. The van der Waals surface area contributed by atoms with E-state index in [0.717, 1.165) is 28.3 Å². The topological polar surface area (TPSA) is 96.2 Å². The number of aryl methyl sites for hydroxylation is 1. The molecule has 0 fully saturated rings. The highest BCUT2D eigenvalue weighted by Crippen LogP contribution is 2.44. The molecular weight excluding hydrogens is 492 g/mol. The lowest BCUT2D eigenvalue weighted by atomic mass is 9.66. The van der Waals surface area contributed by atoms with E-state index in [-0.39, 0.29) is 17.8 Å². The number of hydrogen-bond acceptors (Lipinski definition) is 6. The Kier molecular flexibility index (Phi) is 9.86. The van der Waals surface area contributed by atoms with E-state index in [1.807, 2.05) is 69.3 Å². The van der Waals surface area contributed by atoms with Crippen LogP contribution in [0.5, 0.6) is 5.75 Å². The first-order valence-electron chi connectivity index (χ1n) is 14.5. The minimum absolute atomic E-state index is 0.0718. The summed E-state index contributed by atoms with van der Waals surface area (Å²) in [5.41, 5.74) is 1.94. The summed E-state index contributed by atoms with van der Waals surface area (Å²) < 4.78 is 12.5. The Morgan fingerprint density at radius 1 is 1.08 bits per heavy atom. The number of allylic oxidation sites excluding steroid dienone is 2. The molecule has 1 unspecified atom stereocenters. The molecule has 2 aromatic carbocycles. The first-order valence-corrected chi connectivity index (χ1v) is 14.5. The number of fused-ring (bicyclic) bond motifs is 2. The van der Waals surface area contributed by atoms with Crippen molar-refractivity contribution in [3.8, 4) is 5.75 Å². The molecule has 0 bridgehead atoms. The predicted molar refractivity (Wildman–Crippen MR) is 153 cm³/mol. The Hall–Kier alpha value is -2.67. The van der Waals surface area contributed by atoms with Gasteiger partial charge in [-0.05, 0) is 67.4 Å². The van der Waals surface area contributed by atoms with Crippen LogP contribution in [-0.4, -0.2) is 51.8 Å². The van der Waals surface area contributed by atoms with Crippen LogP contribution in [0.1, 0.15) is 64.9 Å². The lowest BCUT2D eigenvalue weighted by Gasteiger charge is -2.43. The molecule has 6 heteroatoms. The van der Waals surface area contributed by atoms with E-state index in [0.29, 0.717) is 37.9 Å². The van der Waals surface area contributed by atoms with Crippen LogP contribution in [0.4, 0.5) is 0 Å². The van der Waals surface area contributed by atoms with Gasteiger partial charge < -0.3 is 24.8 Å². The van der Waals surface area contributed by atoms with Gasteiger partial charge in [-0.15, -0.1) is 0 Å². The molecule has 2 aliphatic carbocycles. The first-order chi connectivity index (χ1) is 18.7. The van der Waals surface area contributed by atoms with Crippen molar-refractivity contribution < 1.29 is 29.6 Å². The molecule has 0 heterocycles. The van der Waals surface area contributed by atoms with Crippen LogP contribution in [0.15, 0.2) is 60.2 Å². The van der Waals surface area contributed by atoms with E-state index in [1.54, 1.807) is 0 Å². The molecule has 2 aromatic rings. The van der Waals surface area contributed by atoms with Crippen LogP contribution in [0, 0.1) is 24.7 Å². The van der Waals surface area contributed by atoms with Crippen molar-refractivity contribution in [2.45, 2.75) is 96.7 Å². The number of carbonyl (C=O) groups excluding carboxylic acids is 1. The van der Waals surface area contributed by atoms with Crippen molar-refractivity contribution in [3.63, 3.8) is 0 Å². The Morgan fingerprint density at radius 3 is 2.59 bits per heavy atom. The maximum Gasteiger partial charge on any atom is 0.347 e. The summed E-state index contributed by atoms with van der Waals surface area (Å²) in [4.78, 5) is 13.5. The molecule has 0 saturated carbocycles. The van der Waals surface area contributed by atoms with Crippen LogP contribution in [0.2, 0.25) is 0 Å². The maximum absolute atomic E-state index is 13.5. The summed E-state index contributed by atoms with van der Waals surface area (Å²) in [6.45, 7) is 7.94. The summed E-state index contributed by atoms with van der Waals surface area (Å²) in [5.74, 6) is 0.564. The second kappa shape index (κ2) is 13.1. The molecule has 8 atom stereocenters. The SMILES string of the molecule is CCC(Oc1c(C)ccc2ccccc12)C(=O)O[C@H]1C[C@H](O)C=C2C=C[C@H](C)[C@H](CC[C@@H](O)C[C@H](O)CC)[C@H]21. The normalized spacial score (nSPS) is 26.8. The van der Waals surface area contributed by atoms with E-state index < -0.39 is 36.5 Å². The van der Waals surface area contributed by atoms with Gasteiger partial charge in [-0.25, -0.2) is 4.79 Å². The highest BCUT2D eigenvalue weighted by Gasteiger charge is 2.42. The monoisotopic (exact) mass is 536 g/mol. The smallest absolute Gasteiger partial charge is 0.347 e. The molecule has 0 radical (unpaired) electrons. The van der Waals surface area contributed by atoms with E-state index in [4.69, 9.17) is 9.47 Å². The van der Waals surface area contributed by atoms with Crippen molar-refractivity contribution in [3.05, 3.63) is 65.8 Å². The zero-order chi connectivity index (χ0) is 28.1. The molecule has 212 valence electrons. The molecule has 6 nitrogen and oxygen atoms in total. The third-order valence-electron chi connectivity index (χ3n) is 8.46. The van der Waals surface area contributed by atoms with E-state index in [2.05, 4.69) is 13.0 Å². The number of aliphatic hydroxyl groups is 3. The van der Waals surface area contributed by atoms with Gasteiger partial charge in [-0.1, -0.05) is 75.4 Å². The summed E-state index contributed by atoms with van der Waals surface area (Å²) in [7, 11) is 0. The van der Waals surface area contributed by atoms with Gasteiger partial charge in [-0.2, -0.15) is 0 Å². The van der Waals surface area contributed by atoms with E-state index in [1.165, 1.54) is 0 Å². The lowest BCUT2D eigenvalue weighted by Crippen LogP contribution is -2.44. The second-order valence-electron chi connectivity index (χ2n) is 11.3. The van der Waals surface area contributed by atoms with Crippen LogP contribution in [0.3, 0.4) is 0 Å². The van der Waals surface area contributed by atoms with Gasteiger partial charge in [0.15, 0.2) is 6.10 Å². The molecule has 0 spiro atoms. The van der Waals surface area contributed by atoms with Gasteiger partial charge >= 0.3 is 5.97 Å². The molecule has 0 saturated heterocycles. The van der Waals surface area contributed by atoms with Gasteiger partial charge in [0.2, 0.25) is 0 Å². The quantitative estimate of drug-likeness (QED) is 0.321. The van der Waals surface area contributed by atoms with E-state index >= 15 is 0 Å². The average Bonchev–Trinajstić information content (AvgIpc) is 2.92. The minimum atomic E-state index is -0.770. The zero-order valence-electron chi connectivity index (χ0n) is 23.6. The Labute approximate surface area is 232 Å². The summed E-state index contributed by atoms with van der Waals surface area (Å²) in [5, 5.41) is 33.1. The van der Waals surface area contributed by atoms with Crippen LogP contribution >= 0.6 is 0 Å². The largest absolute Gasteiger partial charge is 0.478 e. The fourth-order valence-corrected chi connectivity index (χ4v) is 6.14. The molecule has 0 aromatic heterocycles. The number of rotatable bonds is 11.